The molecule has 3 nitrogen and oxygen atoms in total. The third-order valence-corrected chi connectivity index (χ3v) is 4.41. The standard InChI is InChI=1S/C18H18N2O/c1-20-15-9-5-8-14-16(15)13(10-11-19-18(14)21)17(20)12-6-3-2-4-7-12/h2-9,18-19,21H,10-11H2,1H3. The summed E-state index contributed by atoms with van der Waals surface area (Å²) in [6, 6.07) is 16.7. The molecule has 4 rings (SSSR count). The first-order valence-electron chi connectivity index (χ1n) is 7.34. The SMILES string of the molecule is Cn1c(-c2ccccc2)c2c3c(cccc31)C(O)NCC2. The Labute approximate surface area is 123 Å². The molecule has 1 unspecified atom stereocenters. The second-order valence-corrected chi connectivity index (χ2v) is 5.60. The van der Waals surface area contributed by atoms with Crippen molar-refractivity contribution >= 4 is 10.9 Å². The first kappa shape index (κ1) is 12.6. The number of aliphatic hydroxyl groups excluding tert-OH is 1. The summed E-state index contributed by atoms with van der Waals surface area (Å²) in [5.41, 5.74) is 5.99. The molecule has 2 aromatic carbocycles. The highest BCUT2D eigenvalue weighted by molar-refractivity contribution is 5.94. The van der Waals surface area contributed by atoms with Gasteiger partial charge in [0.05, 0.1) is 5.69 Å². The van der Waals surface area contributed by atoms with E-state index in [0.717, 1.165) is 18.5 Å². The van der Waals surface area contributed by atoms with Gasteiger partial charge in [-0.2, -0.15) is 0 Å². The van der Waals surface area contributed by atoms with Crippen LogP contribution in [0.2, 0.25) is 0 Å². The van der Waals surface area contributed by atoms with E-state index in [9.17, 15) is 5.11 Å². The number of nitrogens with zero attached hydrogens (tertiary/aromatic N) is 1. The summed E-state index contributed by atoms with van der Waals surface area (Å²) in [5, 5.41) is 14.7. The predicted octanol–water partition coefficient (Wildman–Crippen LogP) is 2.98. The van der Waals surface area contributed by atoms with Crippen LogP contribution in [0.1, 0.15) is 17.4 Å². The molecule has 1 aromatic heterocycles. The van der Waals surface area contributed by atoms with Crippen LogP contribution in [0.25, 0.3) is 22.2 Å². The van der Waals surface area contributed by atoms with Gasteiger partial charge in [-0.15, -0.1) is 0 Å². The molecule has 3 heteroatoms. The van der Waals surface area contributed by atoms with E-state index in [1.165, 1.54) is 27.7 Å². The van der Waals surface area contributed by atoms with E-state index >= 15 is 0 Å². The number of hydrogen-bond donors (Lipinski definition) is 2. The lowest BCUT2D eigenvalue weighted by molar-refractivity contribution is 0.143. The van der Waals surface area contributed by atoms with Crippen molar-refractivity contribution in [2.24, 2.45) is 7.05 Å². The van der Waals surface area contributed by atoms with E-state index < -0.39 is 6.23 Å². The highest BCUT2D eigenvalue weighted by atomic mass is 16.3. The molecular formula is C18H18N2O. The molecule has 3 aromatic rings. The van der Waals surface area contributed by atoms with E-state index in [2.05, 4.69) is 47.3 Å². The van der Waals surface area contributed by atoms with Gasteiger partial charge in [0.2, 0.25) is 0 Å². The molecule has 1 aliphatic heterocycles. The minimum absolute atomic E-state index is 0.582. The fourth-order valence-electron chi connectivity index (χ4n) is 3.49. The molecule has 0 fully saturated rings. The van der Waals surface area contributed by atoms with Crippen LogP contribution in [-0.2, 0) is 13.5 Å². The van der Waals surface area contributed by atoms with Gasteiger partial charge in [0, 0.05) is 30.1 Å². The van der Waals surface area contributed by atoms with E-state index in [-0.39, 0.29) is 0 Å². The van der Waals surface area contributed by atoms with E-state index in [1.807, 2.05) is 18.2 Å². The topological polar surface area (TPSA) is 37.2 Å². The summed E-state index contributed by atoms with van der Waals surface area (Å²) in [5.74, 6) is 0. The Morgan fingerprint density at radius 3 is 2.71 bits per heavy atom. The second kappa shape index (κ2) is 4.72. The molecule has 0 saturated heterocycles. The maximum atomic E-state index is 10.3. The zero-order valence-corrected chi connectivity index (χ0v) is 12.0. The van der Waals surface area contributed by atoms with Crippen LogP contribution in [0.4, 0.5) is 0 Å². The minimum Gasteiger partial charge on any atom is -0.374 e. The Morgan fingerprint density at radius 2 is 1.90 bits per heavy atom. The molecular weight excluding hydrogens is 260 g/mol. The molecule has 0 aliphatic carbocycles. The second-order valence-electron chi connectivity index (χ2n) is 5.60. The van der Waals surface area contributed by atoms with E-state index in [1.54, 1.807) is 0 Å². The Morgan fingerprint density at radius 1 is 1.10 bits per heavy atom. The highest BCUT2D eigenvalue weighted by Crippen LogP contribution is 2.37. The van der Waals surface area contributed by atoms with Crippen LogP contribution in [0, 0.1) is 0 Å². The van der Waals surface area contributed by atoms with E-state index in [4.69, 9.17) is 0 Å². The molecule has 0 radical (unpaired) electrons. The quantitative estimate of drug-likeness (QED) is 0.718. The molecule has 0 amide bonds. The van der Waals surface area contributed by atoms with Crippen molar-refractivity contribution < 1.29 is 5.11 Å². The number of rotatable bonds is 1. The van der Waals surface area contributed by atoms with Crippen molar-refractivity contribution in [1.29, 1.82) is 0 Å². The number of aliphatic hydroxyl groups is 1. The van der Waals surface area contributed by atoms with Gasteiger partial charge < -0.3 is 9.67 Å². The number of aryl methyl sites for hydroxylation is 1. The predicted molar refractivity (Wildman–Crippen MR) is 85.0 cm³/mol. The number of nitrogens with one attached hydrogen (secondary N) is 1. The van der Waals surface area contributed by atoms with Crippen LogP contribution >= 0.6 is 0 Å². The largest absolute Gasteiger partial charge is 0.374 e. The monoisotopic (exact) mass is 278 g/mol. The molecule has 2 heterocycles. The number of benzene rings is 2. The summed E-state index contributed by atoms with van der Waals surface area (Å²) in [6.07, 6.45) is 0.344. The summed E-state index contributed by atoms with van der Waals surface area (Å²) in [7, 11) is 2.11. The van der Waals surface area contributed by atoms with Gasteiger partial charge >= 0.3 is 0 Å². The third-order valence-electron chi connectivity index (χ3n) is 4.41. The van der Waals surface area contributed by atoms with Crippen LogP contribution in [0.5, 0.6) is 0 Å². The van der Waals surface area contributed by atoms with E-state index in [0.29, 0.717) is 0 Å². The third kappa shape index (κ3) is 1.82. The first-order chi connectivity index (χ1) is 10.3. The molecule has 2 N–H and O–H groups in total. The van der Waals surface area contributed by atoms with Crippen molar-refractivity contribution in [3.63, 3.8) is 0 Å². The van der Waals surface area contributed by atoms with Crippen LogP contribution in [0.15, 0.2) is 48.5 Å². The fourth-order valence-corrected chi connectivity index (χ4v) is 3.49. The lowest BCUT2D eigenvalue weighted by Gasteiger charge is -2.12. The summed E-state index contributed by atoms with van der Waals surface area (Å²) < 4.78 is 2.25. The molecule has 106 valence electrons. The zero-order valence-electron chi connectivity index (χ0n) is 12.0. The average Bonchev–Trinajstić information content (AvgIpc) is 2.69. The van der Waals surface area contributed by atoms with Gasteiger partial charge in [-0.05, 0) is 23.6 Å². The van der Waals surface area contributed by atoms with Gasteiger partial charge in [0.25, 0.3) is 0 Å². The van der Waals surface area contributed by atoms with Gasteiger partial charge in [-0.1, -0.05) is 42.5 Å². The van der Waals surface area contributed by atoms with Crippen molar-refractivity contribution in [2.45, 2.75) is 12.6 Å². The van der Waals surface area contributed by atoms with Crippen LogP contribution in [0.3, 0.4) is 0 Å². The van der Waals surface area contributed by atoms with Crippen molar-refractivity contribution in [2.75, 3.05) is 6.54 Å². The Balaban J connectivity index is 2.11. The van der Waals surface area contributed by atoms with Gasteiger partial charge in [0.15, 0.2) is 0 Å². The average molecular weight is 278 g/mol. The lowest BCUT2D eigenvalue weighted by Crippen LogP contribution is -2.21. The summed E-state index contributed by atoms with van der Waals surface area (Å²) in [4.78, 5) is 0. The van der Waals surface area contributed by atoms with Crippen molar-refractivity contribution in [3.05, 3.63) is 59.7 Å². The smallest absolute Gasteiger partial charge is 0.131 e. The fraction of sp³-hybridized carbons (Fsp3) is 0.222. The van der Waals surface area contributed by atoms with Gasteiger partial charge in [-0.25, -0.2) is 0 Å². The molecule has 0 spiro atoms. The molecule has 21 heavy (non-hydrogen) atoms. The number of hydrogen-bond acceptors (Lipinski definition) is 2. The molecule has 0 bridgehead atoms. The summed E-state index contributed by atoms with van der Waals surface area (Å²) in [6.45, 7) is 0.787. The molecule has 0 saturated carbocycles. The maximum absolute atomic E-state index is 10.3. The molecule has 1 atom stereocenters. The zero-order chi connectivity index (χ0) is 14.4. The summed E-state index contributed by atoms with van der Waals surface area (Å²) >= 11 is 0. The minimum atomic E-state index is -0.582. The lowest BCUT2D eigenvalue weighted by atomic mass is 10.0. The Kier molecular flexibility index (Phi) is 2.84. The normalized spacial score (nSPS) is 17.9. The number of aromatic nitrogens is 1. The van der Waals surface area contributed by atoms with Gasteiger partial charge in [0.1, 0.15) is 6.23 Å². The van der Waals surface area contributed by atoms with Crippen molar-refractivity contribution in [1.82, 2.24) is 9.88 Å². The van der Waals surface area contributed by atoms with Crippen LogP contribution in [-0.4, -0.2) is 16.2 Å². The highest BCUT2D eigenvalue weighted by Gasteiger charge is 2.23. The van der Waals surface area contributed by atoms with Crippen molar-refractivity contribution in [3.8, 4) is 11.3 Å². The maximum Gasteiger partial charge on any atom is 0.131 e. The first-order valence-corrected chi connectivity index (χ1v) is 7.34. The molecule has 1 aliphatic rings. The Bertz CT molecular complexity index is 805. The Hall–Kier alpha value is -2.10. The van der Waals surface area contributed by atoms with Gasteiger partial charge in [-0.3, -0.25) is 5.32 Å². The van der Waals surface area contributed by atoms with Crippen LogP contribution < -0.4 is 5.32 Å².